The molecule has 0 aliphatic carbocycles. The lowest BCUT2D eigenvalue weighted by Gasteiger charge is -2.23. The van der Waals surface area contributed by atoms with Gasteiger partial charge in [0, 0.05) is 23.1 Å². The third-order valence-electron chi connectivity index (χ3n) is 3.25. The van der Waals surface area contributed by atoms with Crippen molar-refractivity contribution in [3.8, 4) is 0 Å². The third kappa shape index (κ3) is 3.43. The Balaban J connectivity index is 2.25. The van der Waals surface area contributed by atoms with Gasteiger partial charge in [0.05, 0.1) is 17.2 Å². The van der Waals surface area contributed by atoms with Crippen LogP contribution in [0.2, 0.25) is 0 Å². The van der Waals surface area contributed by atoms with Crippen molar-refractivity contribution in [2.45, 2.75) is 6.42 Å². The average Bonchev–Trinajstić information content (AvgIpc) is 2.59. The standard InChI is InChI=1S/C12H16BrN3O3S/c13-10-8-9(12(14)15-17)2-3-11(10)16-4-1-6-20(18,19)7-5-16/h2-3,8,17H,1,4-7H2,(H2,14,15). The van der Waals surface area contributed by atoms with E-state index in [-0.39, 0.29) is 17.3 Å². The Morgan fingerprint density at radius 2 is 2.10 bits per heavy atom. The zero-order valence-corrected chi connectivity index (χ0v) is 13.2. The summed E-state index contributed by atoms with van der Waals surface area (Å²) in [6, 6.07) is 5.34. The monoisotopic (exact) mass is 361 g/mol. The lowest BCUT2D eigenvalue weighted by Crippen LogP contribution is -2.27. The van der Waals surface area contributed by atoms with Gasteiger partial charge in [-0.1, -0.05) is 5.16 Å². The van der Waals surface area contributed by atoms with Gasteiger partial charge in [-0.25, -0.2) is 8.42 Å². The van der Waals surface area contributed by atoms with Crippen molar-refractivity contribution in [1.82, 2.24) is 0 Å². The van der Waals surface area contributed by atoms with Gasteiger partial charge in [-0.3, -0.25) is 0 Å². The van der Waals surface area contributed by atoms with E-state index in [1.165, 1.54) is 0 Å². The van der Waals surface area contributed by atoms with Crippen molar-refractivity contribution in [1.29, 1.82) is 0 Å². The second kappa shape index (κ2) is 6.01. The van der Waals surface area contributed by atoms with Crippen LogP contribution in [0.15, 0.2) is 27.8 Å². The summed E-state index contributed by atoms with van der Waals surface area (Å²) in [5.41, 5.74) is 7.05. The topological polar surface area (TPSA) is 96.0 Å². The maximum absolute atomic E-state index is 11.6. The van der Waals surface area contributed by atoms with E-state index < -0.39 is 9.84 Å². The van der Waals surface area contributed by atoms with Crippen molar-refractivity contribution >= 4 is 37.3 Å². The van der Waals surface area contributed by atoms with Gasteiger partial charge in [0.2, 0.25) is 0 Å². The van der Waals surface area contributed by atoms with Crippen molar-refractivity contribution in [3.05, 3.63) is 28.2 Å². The molecular formula is C12H16BrN3O3S. The predicted molar refractivity (Wildman–Crippen MR) is 82.1 cm³/mol. The number of nitrogens with zero attached hydrogens (tertiary/aromatic N) is 2. The molecular weight excluding hydrogens is 346 g/mol. The highest BCUT2D eigenvalue weighted by atomic mass is 79.9. The molecule has 0 bridgehead atoms. The molecule has 3 N–H and O–H groups in total. The van der Waals surface area contributed by atoms with Crippen molar-refractivity contribution in [3.63, 3.8) is 0 Å². The molecule has 20 heavy (non-hydrogen) atoms. The van der Waals surface area contributed by atoms with Gasteiger partial charge >= 0.3 is 0 Å². The zero-order valence-electron chi connectivity index (χ0n) is 10.8. The van der Waals surface area contributed by atoms with E-state index in [0.717, 1.165) is 10.2 Å². The summed E-state index contributed by atoms with van der Waals surface area (Å²) in [7, 11) is -2.93. The molecule has 110 valence electrons. The second-order valence-electron chi connectivity index (χ2n) is 4.64. The van der Waals surface area contributed by atoms with Crippen LogP contribution in [0.5, 0.6) is 0 Å². The molecule has 0 atom stereocenters. The van der Waals surface area contributed by atoms with Crippen LogP contribution in [0.25, 0.3) is 0 Å². The molecule has 1 aliphatic heterocycles. The molecule has 8 heteroatoms. The SMILES string of the molecule is N/C(=N/O)c1ccc(N2CCCS(=O)(=O)CC2)c(Br)c1. The quantitative estimate of drug-likeness (QED) is 0.356. The fraction of sp³-hybridized carbons (Fsp3) is 0.417. The number of sulfone groups is 1. The van der Waals surface area contributed by atoms with Crippen LogP contribution in [0.1, 0.15) is 12.0 Å². The number of rotatable bonds is 2. The van der Waals surface area contributed by atoms with Crippen LogP contribution in [0, 0.1) is 0 Å². The molecule has 0 radical (unpaired) electrons. The molecule has 1 saturated heterocycles. The number of hydrogen-bond donors (Lipinski definition) is 2. The Morgan fingerprint density at radius 3 is 2.75 bits per heavy atom. The second-order valence-corrected chi connectivity index (χ2v) is 7.80. The van der Waals surface area contributed by atoms with Crippen molar-refractivity contribution < 1.29 is 13.6 Å². The minimum atomic E-state index is -2.93. The van der Waals surface area contributed by atoms with Crippen LogP contribution in [-0.2, 0) is 9.84 Å². The summed E-state index contributed by atoms with van der Waals surface area (Å²) in [5, 5.41) is 11.6. The lowest BCUT2D eigenvalue weighted by atomic mass is 10.1. The Morgan fingerprint density at radius 1 is 1.35 bits per heavy atom. The third-order valence-corrected chi connectivity index (χ3v) is 5.60. The van der Waals surface area contributed by atoms with Gasteiger partial charge in [0.15, 0.2) is 15.7 Å². The zero-order chi connectivity index (χ0) is 14.8. The van der Waals surface area contributed by atoms with E-state index in [2.05, 4.69) is 21.1 Å². The predicted octanol–water partition coefficient (Wildman–Crippen LogP) is 1.17. The fourth-order valence-electron chi connectivity index (χ4n) is 2.16. The highest BCUT2D eigenvalue weighted by molar-refractivity contribution is 9.10. The number of oxime groups is 1. The Labute approximate surface area is 126 Å². The smallest absolute Gasteiger partial charge is 0.170 e. The van der Waals surface area contributed by atoms with Crippen molar-refractivity contribution in [2.24, 2.45) is 10.9 Å². The molecule has 6 nitrogen and oxygen atoms in total. The average molecular weight is 362 g/mol. The van der Waals surface area contributed by atoms with Crippen LogP contribution < -0.4 is 10.6 Å². The number of halogens is 1. The first-order valence-corrected chi connectivity index (χ1v) is 8.77. The molecule has 1 aliphatic rings. The highest BCUT2D eigenvalue weighted by Gasteiger charge is 2.20. The van der Waals surface area contributed by atoms with E-state index in [4.69, 9.17) is 10.9 Å². The van der Waals surface area contributed by atoms with E-state index in [1.807, 2.05) is 11.0 Å². The molecule has 0 amide bonds. The molecule has 1 aromatic carbocycles. The van der Waals surface area contributed by atoms with Gasteiger partial charge in [-0.15, -0.1) is 0 Å². The molecule has 0 saturated carbocycles. The van der Waals surface area contributed by atoms with E-state index in [0.29, 0.717) is 25.1 Å². The van der Waals surface area contributed by atoms with E-state index in [1.54, 1.807) is 12.1 Å². The first kappa shape index (κ1) is 15.1. The normalized spacial score (nSPS) is 19.6. The Bertz CT molecular complexity index is 631. The summed E-state index contributed by atoms with van der Waals surface area (Å²) >= 11 is 3.45. The Kier molecular flexibility index (Phi) is 4.54. The molecule has 0 unspecified atom stereocenters. The van der Waals surface area contributed by atoms with Crippen LogP contribution >= 0.6 is 15.9 Å². The highest BCUT2D eigenvalue weighted by Crippen LogP contribution is 2.28. The lowest BCUT2D eigenvalue weighted by molar-refractivity contribution is 0.318. The van der Waals surface area contributed by atoms with Gasteiger partial charge in [-0.2, -0.15) is 0 Å². The van der Waals surface area contributed by atoms with Crippen molar-refractivity contribution in [2.75, 3.05) is 29.5 Å². The fourth-order valence-corrected chi connectivity index (χ4v) is 4.06. The molecule has 1 fully saturated rings. The van der Waals surface area contributed by atoms with Gasteiger partial charge in [0.25, 0.3) is 0 Å². The van der Waals surface area contributed by atoms with Crippen LogP contribution in [0.4, 0.5) is 5.69 Å². The molecule has 1 aromatic rings. The minimum absolute atomic E-state index is 0.0377. The number of nitrogens with two attached hydrogens (primary N) is 1. The number of anilines is 1. The summed E-state index contributed by atoms with van der Waals surface area (Å²) in [6.45, 7) is 1.17. The number of benzene rings is 1. The molecule has 0 aromatic heterocycles. The molecule has 1 heterocycles. The van der Waals surface area contributed by atoms with Crippen LogP contribution in [0.3, 0.4) is 0 Å². The van der Waals surface area contributed by atoms with Gasteiger partial charge in [0.1, 0.15) is 0 Å². The summed E-state index contributed by atoms with van der Waals surface area (Å²) in [4.78, 5) is 2.03. The summed E-state index contributed by atoms with van der Waals surface area (Å²) in [6.07, 6.45) is 0.622. The summed E-state index contributed by atoms with van der Waals surface area (Å²) < 4.78 is 24.0. The number of amidine groups is 1. The maximum atomic E-state index is 11.6. The molecule has 2 rings (SSSR count). The number of hydrogen-bond acceptors (Lipinski definition) is 5. The Hall–Kier alpha value is -1.28. The summed E-state index contributed by atoms with van der Waals surface area (Å²) in [5.74, 6) is 0.445. The minimum Gasteiger partial charge on any atom is -0.409 e. The van der Waals surface area contributed by atoms with Gasteiger partial charge < -0.3 is 15.8 Å². The van der Waals surface area contributed by atoms with E-state index in [9.17, 15) is 8.42 Å². The van der Waals surface area contributed by atoms with Crippen LogP contribution in [-0.4, -0.2) is 44.1 Å². The maximum Gasteiger partial charge on any atom is 0.170 e. The van der Waals surface area contributed by atoms with Gasteiger partial charge in [-0.05, 0) is 40.5 Å². The largest absolute Gasteiger partial charge is 0.409 e. The first-order chi connectivity index (χ1) is 9.43. The first-order valence-electron chi connectivity index (χ1n) is 6.16. The molecule has 0 spiro atoms. The van der Waals surface area contributed by atoms with E-state index >= 15 is 0 Å².